The van der Waals surface area contributed by atoms with Gasteiger partial charge in [0.15, 0.2) is 0 Å². The van der Waals surface area contributed by atoms with Gasteiger partial charge in [-0.05, 0) is 50.2 Å². The average Bonchev–Trinajstić information content (AvgIpc) is 2.42. The standard InChI is InChI=1S/C16H19NO2/c1-12(17)13(2)18-15-8-10-16(11-9-15)19-14-6-4-3-5-7-14/h3-13H,17H2,1-2H3/t12-,13?/m0/s1. The Balaban J connectivity index is 1.99. The van der Waals surface area contributed by atoms with Crippen molar-refractivity contribution in [2.75, 3.05) is 0 Å². The molecular weight excluding hydrogens is 238 g/mol. The molecule has 2 aromatic rings. The summed E-state index contributed by atoms with van der Waals surface area (Å²) in [5.74, 6) is 2.40. The van der Waals surface area contributed by atoms with Crippen molar-refractivity contribution in [1.82, 2.24) is 0 Å². The van der Waals surface area contributed by atoms with Crippen LogP contribution in [0.5, 0.6) is 17.2 Å². The highest BCUT2D eigenvalue weighted by Crippen LogP contribution is 2.24. The molecule has 2 aromatic carbocycles. The van der Waals surface area contributed by atoms with Crippen LogP contribution in [0.4, 0.5) is 0 Å². The van der Waals surface area contributed by atoms with Gasteiger partial charge in [-0.1, -0.05) is 18.2 Å². The molecule has 0 aliphatic heterocycles. The molecular formula is C16H19NO2. The lowest BCUT2D eigenvalue weighted by molar-refractivity contribution is 0.196. The van der Waals surface area contributed by atoms with E-state index in [2.05, 4.69) is 0 Å². The van der Waals surface area contributed by atoms with E-state index in [1.807, 2.05) is 68.4 Å². The van der Waals surface area contributed by atoms with Gasteiger partial charge in [0.25, 0.3) is 0 Å². The molecule has 2 atom stereocenters. The van der Waals surface area contributed by atoms with Gasteiger partial charge in [-0.25, -0.2) is 0 Å². The van der Waals surface area contributed by atoms with E-state index in [1.54, 1.807) is 0 Å². The van der Waals surface area contributed by atoms with E-state index in [9.17, 15) is 0 Å². The molecule has 100 valence electrons. The summed E-state index contributed by atoms with van der Waals surface area (Å²) in [5, 5.41) is 0. The van der Waals surface area contributed by atoms with Crippen LogP contribution >= 0.6 is 0 Å². The number of ether oxygens (including phenoxy) is 2. The van der Waals surface area contributed by atoms with Gasteiger partial charge in [0, 0.05) is 6.04 Å². The fraction of sp³-hybridized carbons (Fsp3) is 0.250. The summed E-state index contributed by atoms with van der Waals surface area (Å²) in [4.78, 5) is 0. The summed E-state index contributed by atoms with van der Waals surface area (Å²) < 4.78 is 11.4. The molecule has 2 rings (SSSR count). The quantitative estimate of drug-likeness (QED) is 0.890. The van der Waals surface area contributed by atoms with Crippen LogP contribution in [0.2, 0.25) is 0 Å². The molecule has 1 unspecified atom stereocenters. The zero-order valence-electron chi connectivity index (χ0n) is 11.2. The zero-order valence-corrected chi connectivity index (χ0v) is 11.2. The molecule has 0 fully saturated rings. The number of para-hydroxylation sites is 1. The molecule has 0 saturated carbocycles. The second-order valence-electron chi connectivity index (χ2n) is 4.57. The molecule has 3 heteroatoms. The molecule has 0 bridgehead atoms. The first-order valence-electron chi connectivity index (χ1n) is 6.40. The zero-order chi connectivity index (χ0) is 13.7. The summed E-state index contributed by atoms with van der Waals surface area (Å²) in [6.45, 7) is 3.89. The van der Waals surface area contributed by atoms with Crippen molar-refractivity contribution in [2.24, 2.45) is 5.73 Å². The minimum absolute atomic E-state index is 0.000227. The van der Waals surface area contributed by atoms with E-state index in [4.69, 9.17) is 15.2 Å². The second-order valence-corrected chi connectivity index (χ2v) is 4.57. The van der Waals surface area contributed by atoms with E-state index >= 15 is 0 Å². The smallest absolute Gasteiger partial charge is 0.127 e. The first-order valence-corrected chi connectivity index (χ1v) is 6.40. The maximum atomic E-state index is 5.77. The van der Waals surface area contributed by atoms with Crippen LogP contribution in [0.25, 0.3) is 0 Å². The molecule has 0 amide bonds. The van der Waals surface area contributed by atoms with Gasteiger partial charge in [0.1, 0.15) is 23.4 Å². The highest BCUT2D eigenvalue weighted by Gasteiger charge is 2.08. The van der Waals surface area contributed by atoms with E-state index in [0.717, 1.165) is 17.2 Å². The van der Waals surface area contributed by atoms with Crippen LogP contribution in [0, 0.1) is 0 Å². The Kier molecular flexibility index (Phi) is 4.42. The number of benzene rings is 2. The van der Waals surface area contributed by atoms with Gasteiger partial charge in [0.2, 0.25) is 0 Å². The molecule has 0 radical (unpaired) electrons. The molecule has 0 saturated heterocycles. The lowest BCUT2D eigenvalue weighted by Crippen LogP contribution is -2.33. The van der Waals surface area contributed by atoms with Gasteiger partial charge in [0.05, 0.1) is 0 Å². The van der Waals surface area contributed by atoms with Gasteiger partial charge in [-0.2, -0.15) is 0 Å². The highest BCUT2D eigenvalue weighted by atomic mass is 16.5. The van der Waals surface area contributed by atoms with Crippen molar-refractivity contribution >= 4 is 0 Å². The van der Waals surface area contributed by atoms with Crippen LogP contribution in [0.1, 0.15) is 13.8 Å². The molecule has 2 N–H and O–H groups in total. The van der Waals surface area contributed by atoms with Crippen molar-refractivity contribution in [3.8, 4) is 17.2 Å². The third-order valence-electron chi connectivity index (χ3n) is 2.87. The molecule has 0 spiro atoms. The lowest BCUT2D eigenvalue weighted by Gasteiger charge is -2.18. The molecule has 19 heavy (non-hydrogen) atoms. The Hall–Kier alpha value is -2.00. The molecule has 0 heterocycles. The maximum Gasteiger partial charge on any atom is 0.127 e. The van der Waals surface area contributed by atoms with Crippen molar-refractivity contribution in [2.45, 2.75) is 26.0 Å². The van der Waals surface area contributed by atoms with Crippen molar-refractivity contribution < 1.29 is 9.47 Å². The van der Waals surface area contributed by atoms with Crippen molar-refractivity contribution in [3.63, 3.8) is 0 Å². The molecule has 0 aromatic heterocycles. The van der Waals surface area contributed by atoms with E-state index in [-0.39, 0.29) is 12.1 Å². The summed E-state index contributed by atoms with van der Waals surface area (Å²) in [6.07, 6.45) is -0.0131. The highest BCUT2D eigenvalue weighted by molar-refractivity contribution is 5.35. The first kappa shape index (κ1) is 13.4. The topological polar surface area (TPSA) is 44.5 Å². The van der Waals surface area contributed by atoms with Crippen LogP contribution in [-0.2, 0) is 0 Å². The van der Waals surface area contributed by atoms with Gasteiger partial charge in [-0.15, -0.1) is 0 Å². The monoisotopic (exact) mass is 257 g/mol. The summed E-state index contributed by atoms with van der Waals surface area (Å²) >= 11 is 0. The van der Waals surface area contributed by atoms with E-state index in [1.165, 1.54) is 0 Å². The van der Waals surface area contributed by atoms with Crippen molar-refractivity contribution in [3.05, 3.63) is 54.6 Å². The molecule has 0 aliphatic carbocycles. The predicted molar refractivity (Wildman–Crippen MR) is 76.7 cm³/mol. The maximum absolute atomic E-state index is 5.77. The normalized spacial score (nSPS) is 13.6. The van der Waals surface area contributed by atoms with Crippen LogP contribution in [0.3, 0.4) is 0 Å². The Morgan fingerprint density at radius 2 is 1.32 bits per heavy atom. The Labute approximate surface area is 114 Å². The van der Waals surface area contributed by atoms with Crippen molar-refractivity contribution in [1.29, 1.82) is 0 Å². The van der Waals surface area contributed by atoms with E-state index in [0.29, 0.717) is 0 Å². The van der Waals surface area contributed by atoms with E-state index < -0.39 is 0 Å². The summed E-state index contributed by atoms with van der Waals surface area (Å²) in [6, 6.07) is 17.2. The summed E-state index contributed by atoms with van der Waals surface area (Å²) in [5.41, 5.74) is 5.77. The number of rotatable bonds is 5. The number of hydrogen-bond donors (Lipinski definition) is 1. The minimum atomic E-state index is -0.0131. The third kappa shape index (κ3) is 4.00. The fourth-order valence-electron chi connectivity index (χ4n) is 1.53. The summed E-state index contributed by atoms with van der Waals surface area (Å²) in [7, 11) is 0. The largest absolute Gasteiger partial charge is 0.489 e. The second kappa shape index (κ2) is 6.25. The Morgan fingerprint density at radius 1 is 0.789 bits per heavy atom. The van der Waals surface area contributed by atoms with Crippen LogP contribution < -0.4 is 15.2 Å². The average molecular weight is 257 g/mol. The SMILES string of the molecule is CC(Oc1ccc(Oc2ccccc2)cc1)[C@H](C)N. The van der Waals surface area contributed by atoms with Gasteiger partial charge < -0.3 is 15.2 Å². The molecule has 3 nitrogen and oxygen atoms in total. The predicted octanol–water partition coefficient (Wildman–Crippen LogP) is 3.59. The Morgan fingerprint density at radius 3 is 1.89 bits per heavy atom. The van der Waals surface area contributed by atoms with Crippen LogP contribution in [0.15, 0.2) is 54.6 Å². The molecule has 0 aliphatic rings. The Bertz CT molecular complexity index is 494. The fourth-order valence-corrected chi connectivity index (χ4v) is 1.53. The number of hydrogen-bond acceptors (Lipinski definition) is 3. The minimum Gasteiger partial charge on any atom is -0.489 e. The van der Waals surface area contributed by atoms with Crippen LogP contribution in [-0.4, -0.2) is 12.1 Å². The van der Waals surface area contributed by atoms with Gasteiger partial charge in [-0.3, -0.25) is 0 Å². The third-order valence-corrected chi connectivity index (χ3v) is 2.87. The first-order chi connectivity index (χ1) is 9.15. The lowest BCUT2D eigenvalue weighted by atomic mass is 10.2. The number of nitrogens with two attached hydrogens (primary N) is 1. The van der Waals surface area contributed by atoms with Gasteiger partial charge >= 0.3 is 0 Å².